The Labute approximate surface area is 219 Å². The number of nitrogens with one attached hydrogen (secondary N) is 1. The number of nitro groups is 1. The normalized spacial score (nSPS) is 13.3. The number of fused-ring (bicyclic) bond motifs is 1. The third kappa shape index (κ3) is 5.27. The van der Waals surface area contributed by atoms with E-state index in [2.05, 4.69) is 34.6 Å². The van der Waals surface area contributed by atoms with Gasteiger partial charge in [0.05, 0.1) is 21.3 Å². The third-order valence-electron chi connectivity index (χ3n) is 6.58. The van der Waals surface area contributed by atoms with Gasteiger partial charge in [0.25, 0.3) is 11.6 Å². The second kappa shape index (κ2) is 10.6. The summed E-state index contributed by atoms with van der Waals surface area (Å²) in [6.07, 6.45) is 5.32. The lowest BCUT2D eigenvalue weighted by Gasteiger charge is -2.17. The Kier molecular flexibility index (Phi) is 7.05. The number of rotatable bonds is 8. The molecule has 0 spiro atoms. The van der Waals surface area contributed by atoms with Gasteiger partial charge in [-0.3, -0.25) is 14.9 Å². The predicted octanol–water partition coefficient (Wildman–Crippen LogP) is 6.18. The van der Waals surface area contributed by atoms with Crippen molar-refractivity contribution in [2.75, 3.05) is 23.3 Å². The van der Waals surface area contributed by atoms with Crippen LogP contribution in [-0.4, -0.2) is 38.9 Å². The van der Waals surface area contributed by atoms with E-state index in [1.54, 1.807) is 24.3 Å². The predicted molar refractivity (Wildman–Crippen MR) is 145 cm³/mol. The molecular weight excluding hydrogens is 492 g/mol. The smallest absolute Gasteiger partial charge is 0.293 e. The van der Waals surface area contributed by atoms with Crippen LogP contribution in [0.15, 0.2) is 54.6 Å². The Morgan fingerprint density at radius 1 is 1.05 bits per heavy atom. The van der Waals surface area contributed by atoms with Crippen molar-refractivity contribution in [2.45, 2.75) is 39.0 Å². The first kappa shape index (κ1) is 24.7. The van der Waals surface area contributed by atoms with Gasteiger partial charge in [0.15, 0.2) is 0 Å². The molecule has 0 bridgehead atoms. The number of amides is 1. The largest absolute Gasteiger partial charge is 0.366 e. The first-order chi connectivity index (χ1) is 17.9. The van der Waals surface area contributed by atoms with Gasteiger partial charge < -0.3 is 10.2 Å². The standard InChI is InChI=1S/C27H27ClN6O3/c1-2-3-6-18-7-10-20(11-8-18)33-30-23-16-21(28)22(17-24(23)31-33)29-27(35)19-9-12-25(26(15-19)34(36)37)32-13-4-5-14-32/h7-12,15-17H,2-6,13-14H2,1H3,(H,29,35). The maximum atomic E-state index is 13.0. The first-order valence-corrected chi connectivity index (χ1v) is 12.8. The molecule has 190 valence electrons. The molecule has 2 heterocycles. The fourth-order valence-corrected chi connectivity index (χ4v) is 4.76. The molecule has 1 fully saturated rings. The molecule has 4 aromatic rings. The van der Waals surface area contributed by atoms with Crippen molar-refractivity contribution < 1.29 is 9.72 Å². The van der Waals surface area contributed by atoms with Gasteiger partial charge in [-0.2, -0.15) is 4.80 Å². The number of unbranched alkanes of at least 4 members (excludes halogenated alkanes) is 1. The van der Waals surface area contributed by atoms with Gasteiger partial charge in [-0.15, -0.1) is 10.2 Å². The Morgan fingerprint density at radius 2 is 1.76 bits per heavy atom. The van der Waals surface area contributed by atoms with Crippen molar-refractivity contribution in [3.05, 3.63) is 80.9 Å². The summed E-state index contributed by atoms with van der Waals surface area (Å²) < 4.78 is 0. The van der Waals surface area contributed by atoms with E-state index in [4.69, 9.17) is 11.6 Å². The summed E-state index contributed by atoms with van der Waals surface area (Å²) >= 11 is 6.45. The second-order valence-corrected chi connectivity index (χ2v) is 9.60. The number of hydrogen-bond donors (Lipinski definition) is 1. The third-order valence-corrected chi connectivity index (χ3v) is 6.90. The molecule has 1 saturated heterocycles. The fourth-order valence-electron chi connectivity index (χ4n) is 4.56. The summed E-state index contributed by atoms with van der Waals surface area (Å²) in [6, 6.07) is 16.0. The molecule has 10 heteroatoms. The number of anilines is 2. The van der Waals surface area contributed by atoms with Crippen molar-refractivity contribution in [2.24, 2.45) is 0 Å². The lowest BCUT2D eigenvalue weighted by molar-refractivity contribution is -0.384. The molecule has 1 N–H and O–H groups in total. The highest BCUT2D eigenvalue weighted by atomic mass is 35.5. The highest BCUT2D eigenvalue weighted by Crippen LogP contribution is 2.33. The van der Waals surface area contributed by atoms with Crippen LogP contribution in [-0.2, 0) is 6.42 Å². The topological polar surface area (TPSA) is 106 Å². The zero-order valence-electron chi connectivity index (χ0n) is 20.5. The van der Waals surface area contributed by atoms with Crippen LogP contribution in [0.25, 0.3) is 16.7 Å². The second-order valence-electron chi connectivity index (χ2n) is 9.19. The summed E-state index contributed by atoms with van der Waals surface area (Å²) in [5.74, 6) is -0.493. The van der Waals surface area contributed by atoms with Crippen LogP contribution in [0.5, 0.6) is 0 Å². The van der Waals surface area contributed by atoms with Crippen LogP contribution in [0.2, 0.25) is 5.02 Å². The van der Waals surface area contributed by atoms with Crippen molar-refractivity contribution in [3.8, 4) is 5.69 Å². The number of benzene rings is 3. The number of hydrogen-bond acceptors (Lipinski definition) is 6. The molecule has 0 saturated carbocycles. The Bertz CT molecular complexity index is 1460. The molecule has 3 aromatic carbocycles. The van der Waals surface area contributed by atoms with Gasteiger partial charge in [0.1, 0.15) is 16.7 Å². The van der Waals surface area contributed by atoms with Crippen molar-refractivity contribution in [3.63, 3.8) is 0 Å². The molecule has 9 nitrogen and oxygen atoms in total. The maximum absolute atomic E-state index is 13.0. The molecule has 0 unspecified atom stereocenters. The molecule has 0 radical (unpaired) electrons. The highest BCUT2D eigenvalue weighted by Gasteiger charge is 2.24. The average Bonchev–Trinajstić information content (AvgIpc) is 3.58. The lowest BCUT2D eigenvalue weighted by atomic mass is 10.1. The van der Waals surface area contributed by atoms with Crippen LogP contribution >= 0.6 is 11.6 Å². The molecule has 0 atom stereocenters. The van der Waals surface area contributed by atoms with Crippen molar-refractivity contribution in [1.82, 2.24) is 15.0 Å². The number of aromatic nitrogens is 3. The van der Waals surface area contributed by atoms with Gasteiger partial charge in [0, 0.05) is 24.7 Å². The Morgan fingerprint density at radius 3 is 2.43 bits per heavy atom. The summed E-state index contributed by atoms with van der Waals surface area (Å²) in [7, 11) is 0. The van der Waals surface area contributed by atoms with Crippen LogP contribution in [0.3, 0.4) is 0 Å². The molecule has 1 amide bonds. The highest BCUT2D eigenvalue weighted by molar-refractivity contribution is 6.34. The van der Waals surface area contributed by atoms with E-state index in [9.17, 15) is 14.9 Å². The monoisotopic (exact) mass is 518 g/mol. The number of aryl methyl sites for hydroxylation is 1. The van der Waals surface area contributed by atoms with E-state index in [0.29, 0.717) is 27.4 Å². The van der Waals surface area contributed by atoms with Crippen LogP contribution in [0, 0.1) is 10.1 Å². The van der Waals surface area contributed by atoms with E-state index >= 15 is 0 Å². The molecule has 1 aliphatic heterocycles. The lowest BCUT2D eigenvalue weighted by Crippen LogP contribution is -2.20. The number of carbonyl (C=O) groups excluding carboxylic acids is 1. The summed E-state index contributed by atoms with van der Waals surface area (Å²) in [5, 5.41) is 23.8. The molecule has 5 rings (SSSR count). The molecule has 0 aliphatic carbocycles. The minimum Gasteiger partial charge on any atom is -0.366 e. The minimum absolute atomic E-state index is 0.0836. The van der Waals surface area contributed by atoms with Gasteiger partial charge >= 0.3 is 0 Å². The number of nitro benzene ring substituents is 1. The Balaban J connectivity index is 1.37. The van der Waals surface area contributed by atoms with Gasteiger partial charge in [-0.05, 0) is 67.6 Å². The molecular formula is C27H27ClN6O3. The Hall–Kier alpha value is -3.98. The van der Waals surface area contributed by atoms with E-state index in [-0.39, 0.29) is 11.3 Å². The maximum Gasteiger partial charge on any atom is 0.293 e. The zero-order chi connectivity index (χ0) is 25.9. The van der Waals surface area contributed by atoms with Crippen LogP contribution in [0.4, 0.5) is 17.1 Å². The SMILES string of the molecule is CCCCc1ccc(-n2nc3cc(Cl)c(NC(=O)c4ccc(N5CCCC5)c([N+](=O)[O-])c4)cc3n2)cc1. The van der Waals surface area contributed by atoms with Gasteiger partial charge in [-0.1, -0.05) is 37.1 Å². The van der Waals surface area contributed by atoms with E-state index in [1.165, 1.54) is 16.4 Å². The number of nitrogens with zero attached hydrogens (tertiary/aromatic N) is 5. The minimum atomic E-state index is -0.493. The molecule has 1 aliphatic rings. The first-order valence-electron chi connectivity index (χ1n) is 12.4. The van der Waals surface area contributed by atoms with E-state index < -0.39 is 10.8 Å². The number of halogens is 1. The van der Waals surface area contributed by atoms with E-state index in [1.807, 2.05) is 17.0 Å². The molecule has 1 aromatic heterocycles. The quantitative estimate of drug-likeness (QED) is 0.220. The van der Waals surface area contributed by atoms with Gasteiger partial charge in [-0.25, -0.2) is 0 Å². The summed E-state index contributed by atoms with van der Waals surface area (Å²) in [6.45, 7) is 3.71. The van der Waals surface area contributed by atoms with Crippen LogP contribution < -0.4 is 10.2 Å². The average molecular weight is 519 g/mol. The van der Waals surface area contributed by atoms with E-state index in [0.717, 1.165) is 50.9 Å². The van der Waals surface area contributed by atoms with Crippen molar-refractivity contribution in [1.29, 1.82) is 0 Å². The van der Waals surface area contributed by atoms with Crippen LogP contribution in [0.1, 0.15) is 48.5 Å². The summed E-state index contributed by atoms with van der Waals surface area (Å²) in [4.78, 5) is 27.8. The molecule has 37 heavy (non-hydrogen) atoms. The number of carbonyl (C=O) groups is 1. The summed E-state index contributed by atoms with van der Waals surface area (Å²) in [5.41, 5.74) is 4.22. The van der Waals surface area contributed by atoms with Crippen molar-refractivity contribution >= 4 is 45.6 Å². The van der Waals surface area contributed by atoms with Gasteiger partial charge in [0.2, 0.25) is 0 Å². The zero-order valence-corrected chi connectivity index (χ0v) is 21.2. The fraction of sp³-hybridized carbons (Fsp3) is 0.296.